The summed E-state index contributed by atoms with van der Waals surface area (Å²) in [7, 11) is -2.19. The zero-order valence-electron chi connectivity index (χ0n) is 17.5. The van der Waals surface area contributed by atoms with E-state index in [-0.39, 0.29) is 11.4 Å². The van der Waals surface area contributed by atoms with Gasteiger partial charge in [0.15, 0.2) is 0 Å². The molecule has 0 aliphatic carbocycles. The van der Waals surface area contributed by atoms with Gasteiger partial charge in [-0.3, -0.25) is 4.98 Å². The van der Waals surface area contributed by atoms with Crippen molar-refractivity contribution in [2.45, 2.75) is 45.1 Å². The third kappa shape index (κ3) is 4.66. The van der Waals surface area contributed by atoms with Crippen molar-refractivity contribution in [3.63, 3.8) is 0 Å². The second-order valence-electron chi connectivity index (χ2n) is 8.46. The SMILES string of the molecule is Cc1nc2c(Cc3ccc(S(=O)(=O)N(C)CC(O)C(C)(C)C)cc3)nccc2[nH]1. The summed E-state index contributed by atoms with van der Waals surface area (Å²) in [6.45, 7) is 7.57. The highest BCUT2D eigenvalue weighted by Crippen LogP contribution is 2.23. The molecule has 1 atom stereocenters. The summed E-state index contributed by atoms with van der Waals surface area (Å²) < 4.78 is 26.9. The van der Waals surface area contributed by atoms with Gasteiger partial charge < -0.3 is 10.1 Å². The maximum atomic E-state index is 12.8. The smallest absolute Gasteiger partial charge is 0.242 e. The first-order valence-corrected chi connectivity index (χ1v) is 11.0. The van der Waals surface area contributed by atoms with E-state index in [1.54, 1.807) is 30.5 Å². The predicted octanol–water partition coefficient (Wildman–Crippen LogP) is 2.88. The van der Waals surface area contributed by atoms with Crippen LogP contribution in [0.1, 0.15) is 37.9 Å². The Bertz CT molecular complexity index is 1100. The molecular weight excluding hydrogens is 388 g/mol. The van der Waals surface area contributed by atoms with E-state index >= 15 is 0 Å². The molecule has 3 aromatic rings. The van der Waals surface area contributed by atoms with E-state index in [1.807, 2.05) is 33.8 Å². The fraction of sp³-hybridized carbons (Fsp3) is 0.429. The van der Waals surface area contributed by atoms with Crippen molar-refractivity contribution in [3.05, 3.63) is 53.6 Å². The summed E-state index contributed by atoms with van der Waals surface area (Å²) in [4.78, 5) is 12.3. The van der Waals surface area contributed by atoms with Crippen LogP contribution in [-0.4, -0.2) is 52.5 Å². The van der Waals surface area contributed by atoms with Crippen molar-refractivity contribution in [1.82, 2.24) is 19.3 Å². The van der Waals surface area contributed by atoms with Crippen LogP contribution in [0, 0.1) is 12.3 Å². The number of hydrogen-bond donors (Lipinski definition) is 2. The zero-order chi connectivity index (χ0) is 21.4. The maximum Gasteiger partial charge on any atom is 0.242 e. The molecule has 7 nitrogen and oxygen atoms in total. The molecule has 0 fully saturated rings. The van der Waals surface area contributed by atoms with E-state index in [4.69, 9.17) is 0 Å². The maximum absolute atomic E-state index is 12.8. The fourth-order valence-electron chi connectivity index (χ4n) is 3.01. The van der Waals surface area contributed by atoms with Crippen LogP contribution in [0.15, 0.2) is 41.4 Å². The number of aromatic amines is 1. The molecule has 0 saturated carbocycles. The number of likely N-dealkylation sites (N-methyl/N-ethyl adjacent to an activating group) is 1. The molecule has 0 saturated heterocycles. The summed E-state index contributed by atoms with van der Waals surface area (Å²) in [5, 5.41) is 10.2. The third-order valence-electron chi connectivity index (χ3n) is 5.03. The molecule has 0 spiro atoms. The summed E-state index contributed by atoms with van der Waals surface area (Å²) in [5.41, 5.74) is 3.16. The van der Waals surface area contributed by atoms with E-state index in [0.29, 0.717) is 6.42 Å². The first-order chi connectivity index (χ1) is 13.5. The standard InChI is InChI=1S/C21H28N4O3S/c1-14-23-17-10-11-22-18(20(17)24-14)12-15-6-8-16(9-7-15)29(27,28)25(5)13-19(26)21(2,3)4/h6-11,19,26H,12-13H2,1-5H3,(H,23,24). The molecule has 0 amide bonds. The van der Waals surface area contributed by atoms with Gasteiger partial charge >= 0.3 is 0 Å². The minimum absolute atomic E-state index is 0.0397. The number of benzene rings is 1. The van der Waals surface area contributed by atoms with E-state index in [0.717, 1.165) is 28.1 Å². The Hall–Kier alpha value is -2.29. The topological polar surface area (TPSA) is 99.2 Å². The number of rotatable bonds is 6. The van der Waals surface area contributed by atoms with Gasteiger partial charge in [-0.05, 0) is 36.1 Å². The molecule has 29 heavy (non-hydrogen) atoms. The lowest BCUT2D eigenvalue weighted by Crippen LogP contribution is -2.40. The van der Waals surface area contributed by atoms with Crippen LogP contribution in [0.5, 0.6) is 0 Å². The summed E-state index contributed by atoms with van der Waals surface area (Å²) in [6.07, 6.45) is 1.54. The molecule has 2 heterocycles. The molecule has 0 aliphatic heterocycles. The van der Waals surface area contributed by atoms with Crippen LogP contribution in [0.3, 0.4) is 0 Å². The van der Waals surface area contributed by atoms with Gasteiger partial charge in [0, 0.05) is 26.2 Å². The molecule has 0 radical (unpaired) electrons. The molecular formula is C21H28N4O3S. The molecule has 2 N–H and O–H groups in total. The Morgan fingerprint density at radius 2 is 1.83 bits per heavy atom. The number of hydrogen-bond acceptors (Lipinski definition) is 5. The van der Waals surface area contributed by atoms with Gasteiger partial charge in [-0.2, -0.15) is 4.31 Å². The van der Waals surface area contributed by atoms with Crippen LogP contribution < -0.4 is 0 Å². The number of pyridine rings is 1. The number of aromatic nitrogens is 3. The normalized spacial score (nSPS) is 13.9. The van der Waals surface area contributed by atoms with E-state index in [1.165, 1.54) is 11.4 Å². The number of nitrogens with zero attached hydrogens (tertiary/aromatic N) is 3. The molecule has 2 aromatic heterocycles. The van der Waals surface area contributed by atoms with Gasteiger partial charge in [0.05, 0.1) is 22.2 Å². The molecule has 156 valence electrons. The lowest BCUT2D eigenvalue weighted by atomic mass is 9.89. The first kappa shape index (κ1) is 21.4. The first-order valence-electron chi connectivity index (χ1n) is 9.52. The monoisotopic (exact) mass is 416 g/mol. The van der Waals surface area contributed by atoms with Gasteiger partial charge in [0.2, 0.25) is 10.0 Å². The molecule has 0 bridgehead atoms. The number of aliphatic hydroxyl groups is 1. The molecule has 0 aliphatic rings. The minimum atomic E-state index is -3.67. The quantitative estimate of drug-likeness (QED) is 0.644. The fourth-order valence-corrected chi connectivity index (χ4v) is 4.19. The highest BCUT2D eigenvalue weighted by Gasteiger charge is 2.28. The highest BCUT2D eigenvalue weighted by atomic mass is 32.2. The van der Waals surface area contributed by atoms with E-state index in [2.05, 4.69) is 15.0 Å². The summed E-state index contributed by atoms with van der Waals surface area (Å²) in [5.74, 6) is 0.830. The highest BCUT2D eigenvalue weighted by molar-refractivity contribution is 7.89. The van der Waals surface area contributed by atoms with Crippen molar-refractivity contribution in [2.24, 2.45) is 5.41 Å². The number of H-pyrrole nitrogens is 1. The minimum Gasteiger partial charge on any atom is -0.391 e. The van der Waals surface area contributed by atoms with Crippen LogP contribution in [0.4, 0.5) is 0 Å². The number of aryl methyl sites for hydroxylation is 1. The number of fused-ring (bicyclic) bond motifs is 1. The number of sulfonamides is 1. The average molecular weight is 417 g/mol. The summed E-state index contributed by atoms with van der Waals surface area (Å²) >= 11 is 0. The second-order valence-corrected chi connectivity index (χ2v) is 10.5. The van der Waals surface area contributed by atoms with Gasteiger partial charge in [-0.15, -0.1) is 0 Å². The van der Waals surface area contributed by atoms with E-state index in [9.17, 15) is 13.5 Å². The van der Waals surface area contributed by atoms with Crippen molar-refractivity contribution in [1.29, 1.82) is 0 Å². The Balaban J connectivity index is 1.78. The molecule has 1 aromatic carbocycles. The van der Waals surface area contributed by atoms with Gasteiger partial charge in [0.25, 0.3) is 0 Å². The van der Waals surface area contributed by atoms with Gasteiger partial charge in [-0.1, -0.05) is 32.9 Å². The van der Waals surface area contributed by atoms with Crippen molar-refractivity contribution in [2.75, 3.05) is 13.6 Å². The average Bonchev–Trinajstić information content (AvgIpc) is 3.02. The summed E-state index contributed by atoms with van der Waals surface area (Å²) in [6, 6.07) is 8.67. The van der Waals surface area contributed by atoms with E-state index < -0.39 is 21.5 Å². The lowest BCUT2D eigenvalue weighted by molar-refractivity contribution is 0.0506. The number of imidazole rings is 1. The molecule has 8 heteroatoms. The van der Waals surface area contributed by atoms with Crippen LogP contribution in [-0.2, 0) is 16.4 Å². The van der Waals surface area contributed by atoms with Crippen LogP contribution >= 0.6 is 0 Å². The largest absolute Gasteiger partial charge is 0.391 e. The predicted molar refractivity (Wildman–Crippen MR) is 113 cm³/mol. The van der Waals surface area contributed by atoms with Crippen LogP contribution in [0.25, 0.3) is 11.0 Å². The van der Waals surface area contributed by atoms with Crippen molar-refractivity contribution < 1.29 is 13.5 Å². The van der Waals surface area contributed by atoms with Crippen molar-refractivity contribution >= 4 is 21.1 Å². The Labute approximate surface area is 171 Å². The lowest BCUT2D eigenvalue weighted by Gasteiger charge is -2.29. The molecule has 1 unspecified atom stereocenters. The third-order valence-corrected chi connectivity index (χ3v) is 6.87. The number of aliphatic hydroxyl groups excluding tert-OH is 1. The number of nitrogens with one attached hydrogen (secondary N) is 1. The van der Waals surface area contributed by atoms with Gasteiger partial charge in [-0.25, -0.2) is 13.4 Å². The van der Waals surface area contributed by atoms with Crippen molar-refractivity contribution in [3.8, 4) is 0 Å². The van der Waals surface area contributed by atoms with Crippen LogP contribution in [0.2, 0.25) is 0 Å². The second kappa shape index (κ2) is 7.85. The Kier molecular flexibility index (Phi) is 5.80. The molecule has 3 rings (SSSR count). The zero-order valence-corrected chi connectivity index (χ0v) is 18.3. The Morgan fingerprint density at radius 1 is 1.17 bits per heavy atom. The van der Waals surface area contributed by atoms with Gasteiger partial charge in [0.1, 0.15) is 11.3 Å². The Morgan fingerprint density at radius 3 is 2.45 bits per heavy atom.